The Bertz CT molecular complexity index is 1160. The van der Waals surface area contributed by atoms with Crippen LogP contribution in [0.4, 0.5) is 0 Å². The zero-order valence-electron chi connectivity index (χ0n) is 19.3. The summed E-state index contributed by atoms with van der Waals surface area (Å²) in [6, 6.07) is 15.8. The maximum Gasteiger partial charge on any atom is 0.258 e. The van der Waals surface area contributed by atoms with Gasteiger partial charge in [-0.1, -0.05) is 48.5 Å². The molecule has 0 spiro atoms. The van der Waals surface area contributed by atoms with Gasteiger partial charge in [0.05, 0.1) is 25.3 Å². The van der Waals surface area contributed by atoms with Crippen molar-refractivity contribution in [3.63, 3.8) is 0 Å². The van der Waals surface area contributed by atoms with E-state index in [2.05, 4.69) is 29.5 Å². The van der Waals surface area contributed by atoms with Gasteiger partial charge >= 0.3 is 0 Å². The molecule has 0 aliphatic carbocycles. The van der Waals surface area contributed by atoms with Gasteiger partial charge in [-0.15, -0.1) is 0 Å². The summed E-state index contributed by atoms with van der Waals surface area (Å²) in [5.74, 6) is 1.77. The van der Waals surface area contributed by atoms with Crippen LogP contribution in [0.1, 0.15) is 36.9 Å². The van der Waals surface area contributed by atoms with Gasteiger partial charge in [0.1, 0.15) is 5.75 Å². The van der Waals surface area contributed by atoms with E-state index >= 15 is 0 Å². The molecule has 1 aliphatic rings. The van der Waals surface area contributed by atoms with Crippen molar-refractivity contribution >= 4 is 22.9 Å². The van der Waals surface area contributed by atoms with Gasteiger partial charge in [-0.3, -0.25) is 0 Å². The number of nitrogens with one attached hydrogen (secondary N) is 1. The molecular formula is C25H28N4O3S. The average molecular weight is 465 g/mol. The van der Waals surface area contributed by atoms with E-state index in [1.807, 2.05) is 48.2 Å². The summed E-state index contributed by atoms with van der Waals surface area (Å²) in [5, 5.41) is 8.34. The molecule has 0 bridgehead atoms. The number of thiocarbonyl (C=S) groups is 1. The first-order valence-electron chi connectivity index (χ1n) is 10.9. The van der Waals surface area contributed by atoms with Gasteiger partial charge in [-0.2, -0.15) is 4.98 Å². The molecule has 1 atom stereocenters. The van der Waals surface area contributed by atoms with Crippen LogP contribution in [-0.2, 0) is 11.2 Å². The molecule has 0 radical (unpaired) electrons. The fourth-order valence-electron chi connectivity index (χ4n) is 3.92. The number of methoxy groups -OCH3 is 2. The second-order valence-electron chi connectivity index (χ2n) is 7.78. The lowest BCUT2D eigenvalue weighted by Gasteiger charge is -2.37. The molecule has 7 nitrogen and oxygen atoms in total. The summed E-state index contributed by atoms with van der Waals surface area (Å²) >= 11 is 5.69. The van der Waals surface area contributed by atoms with Gasteiger partial charge in [0, 0.05) is 24.9 Å². The summed E-state index contributed by atoms with van der Waals surface area (Å²) in [6.07, 6.45) is 0.981. The molecule has 1 unspecified atom stereocenters. The van der Waals surface area contributed by atoms with Gasteiger partial charge in [0.2, 0.25) is 5.82 Å². The van der Waals surface area contributed by atoms with Crippen LogP contribution in [0.3, 0.4) is 0 Å². The second-order valence-corrected chi connectivity index (χ2v) is 8.16. The molecule has 0 fully saturated rings. The molecule has 2 aromatic carbocycles. The first-order valence-corrected chi connectivity index (χ1v) is 11.3. The van der Waals surface area contributed by atoms with Gasteiger partial charge in [0.15, 0.2) is 5.11 Å². The monoisotopic (exact) mass is 464 g/mol. The molecule has 0 saturated heterocycles. The van der Waals surface area contributed by atoms with Crippen LogP contribution in [0.5, 0.6) is 5.75 Å². The number of nitrogens with zero attached hydrogens (tertiary/aromatic N) is 3. The third-order valence-electron chi connectivity index (χ3n) is 5.82. The molecule has 8 heteroatoms. The van der Waals surface area contributed by atoms with Crippen molar-refractivity contribution in [1.82, 2.24) is 20.4 Å². The lowest BCUT2D eigenvalue weighted by molar-refractivity contribution is 0.183. The van der Waals surface area contributed by atoms with Gasteiger partial charge < -0.3 is 24.2 Å². The molecule has 1 aromatic heterocycles. The predicted molar refractivity (Wildman–Crippen MR) is 132 cm³/mol. The molecule has 4 rings (SSSR count). The predicted octanol–water partition coefficient (Wildman–Crippen LogP) is 4.62. The van der Waals surface area contributed by atoms with Gasteiger partial charge in [-0.05, 0) is 48.8 Å². The van der Waals surface area contributed by atoms with Crippen LogP contribution >= 0.6 is 12.2 Å². The van der Waals surface area contributed by atoms with E-state index in [4.69, 9.17) is 31.2 Å². The Balaban J connectivity index is 1.78. The van der Waals surface area contributed by atoms with Crippen molar-refractivity contribution in [3.05, 3.63) is 71.2 Å². The number of aryl methyl sites for hydroxylation is 1. The Kier molecular flexibility index (Phi) is 7.05. The minimum atomic E-state index is -0.262. The summed E-state index contributed by atoms with van der Waals surface area (Å²) < 4.78 is 16.5. The molecule has 1 aliphatic heterocycles. The lowest BCUT2D eigenvalue weighted by Crippen LogP contribution is -2.47. The molecule has 0 saturated carbocycles. The smallest absolute Gasteiger partial charge is 0.258 e. The average Bonchev–Trinajstić information content (AvgIpc) is 3.33. The first-order chi connectivity index (χ1) is 16.0. The topological polar surface area (TPSA) is 72.7 Å². The van der Waals surface area contributed by atoms with Crippen LogP contribution in [0.2, 0.25) is 0 Å². The van der Waals surface area contributed by atoms with E-state index < -0.39 is 0 Å². The molecule has 1 N–H and O–H groups in total. The highest BCUT2D eigenvalue weighted by atomic mass is 32.1. The first kappa shape index (κ1) is 22.9. The minimum absolute atomic E-state index is 0.262. The fourth-order valence-corrected chi connectivity index (χ4v) is 4.27. The Morgan fingerprint density at radius 2 is 1.94 bits per heavy atom. The number of hydrogen-bond acceptors (Lipinski definition) is 6. The van der Waals surface area contributed by atoms with Crippen LogP contribution in [0.25, 0.3) is 17.0 Å². The van der Waals surface area contributed by atoms with E-state index in [0.717, 1.165) is 34.6 Å². The number of benzene rings is 2. The SMILES string of the molecule is CCc1ccc(-c2noc(C3=C(C)N(CCOC)C(=S)NC3c3cccc(OC)c3)n2)cc1. The van der Waals surface area contributed by atoms with Gasteiger partial charge in [0.25, 0.3) is 5.89 Å². The largest absolute Gasteiger partial charge is 0.497 e. The van der Waals surface area contributed by atoms with E-state index in [-0.39, 0.29) is 6.04 Å². The maximum atomic E-state index is 5.79. The zero-order valence-corrected chi connectivity index (χ0v) is 20.1. The third kappa shape index (κ3) is 4.77. The Hall–Kier alpha value is -3.23. The number of rotatable bonds is 8. The molecule has 172 valence electrons. The second kappa shape index (κ2) is 10.1. The molecular weight excluding hydrogens is 436 g/mol. The van der Waals surface area contributed by atoms with Crippen LogP contribution in [0, 0.1) is 0 Å². The van der Waals surface area contributed by atoms with Crippen LogP contribution in [0.15, 0.2) is 58.8 Å². The van der Waals surface area contributed by atoms with Crippen molar-refractivity contribution in [1.29, 1.82) is 0 Å². The van der Waals surface area contributed by atoms with E-state index in [1.54, 1.807) is 14.2 Å². The van der Waals surface area contributed by atoms with Gasteiger partial charge in [-0.25, -0.2) is 0 Å². The quantitative estimate of drug-likeness (QED) is 0.485. The van der Waals surface area contributed by atoms with Crippen molar-refractivity contribution in [3.8, 4) is 17.1 Å². The Morgan fingerprint density at radius 1 is 1.15 bits per heavy atom. The summed E-state index contributed by atoms with van der Waals surface area (Å²) in [4.78, 5) is 6.76. The maximum absolute atomic E-state index is 5.79. The normalized spacial score (nSPS) is 16.2. The summed E-state index contributed by atoms with van der Waals surface area (Å²) in [7, 11) is 3.33. The molecule has 2 heterocycles. The Labute approximate surface area is 199 Å². The highest BCUT2D eigenvalue weighted by Crippen LogP contribution is 2.38. The summed E-state index contributed by atoms with van der Waals surface area (Å²) in [6.45, 7) is 5.30. The van der Waals surface area contributed by atoms with Crippen molar-refractivity contribution in [2.24, 2.45) is 0 Å². The Morgan fingerprint density at radius 3 is 2.64 bits per heavy atom. The molecule has 33 heavy (non-hydrogen) atoms. The number of allylic oxidation sites excluding steroid dienone is 1. The molecule has 3 aromatic rings. The van der Waals surface area contributed by atoms with Crippen LogP contribution < -0.4 is 10.1 Å². The standard InChI is InChI=1S/C25H28N4O3S/c1-5-17-9-11-18(12-10-17)23-27-24(32-28-23)21-16(2)29(13-14-30-3)25(33)26-22(21)19-7-6-8-20(15-19)31-4/h6-12,15,22H,5,13-14H2,1-4H3,(H,26,33). The van der Waals surface area contributed by atoms with Crippen molar-refractivity contribution in [2.75, 3.05) is 27.4 Å². The third-order valence-corrected chi connectivity index (χ3v) is 6.16. The van der Waals surface area contributed by atoms with Crippen molar-refractivity contribution < 1.29 is 14.0 Å². The molecule has 0 amide bonds. The van der Waals surface area contributed by atoms with E-state index in [9.17, 15) is 0 Å². The van der Waals surface area contributed by atoms with E-state index in [1.165, 1.54) is 5.56 Å². The minimum Gasteiger partial charge on any atom is -0.497 e. The van der Waals surface area contributed by atoms with Crippen LogP contribution in [-0.4, -0.2) is 47.5 Å². The number of ether oxygens (including phenoxy) is 2. The number of aromatic nitrogens is 2. The number of hydrogen-bond donors (Lipinski definition) is 1. The summed E-state index contributed by atoms with van der Waals surface area (Å²) in [5.41, 5.74) is 4.98. The lowest BCUT2D eigenvalue weighted by atomic mass is 9.94. The fraction of sp³-hybridized carbons (Fsp3) is 0.320. The van der Waals surface area contributed by atoms with Crippen molar-refractivity contribution in [2.45, 2.75) is 26.3 Å². The zero-order chi connectivity index (χ0) is 23.4. The highest BCUT2D eigenvalue weighted by molar-refractivity contribution is 7.80. The highest BCUT2D eigenvalue weighted by Gasteiger charge is 2.34. The van der Waals surface area contributed by atoms with E-state index in [0.29, 0.717) is 30.0 Å².